The summed E-state index contributed by atoms with van der Waals surface area (Å²) in [4.78, 5) is 16.3. The highest BCUT2D eigenvalue weighted by Crippen LogP contribution is 2.23. The first-order valence-corrected chi connectivity index (χ1v) is 6.18. The number of carbonyl (C=O) groups is 1. The lowest BCUT2D eigenvalue weighted by Crippen LogP contribution is -2.54. The van der Waals surface area contributed by atoms with Crippen molar-refractivity contribution < 1.29 is 4.79 Å². The van der Waals surface area contributed by atoms with Gasteiger partial charge in [0.05, 0.1) is 5.92 Å². The summed E-state index contributed by atoms with van der Waals surface area (Å²) in [5.74, 6) is 1.56. The third kappa shape index (κ3) is 2.33. The van der Waals surface area contributed by atoms with E-state index >= 15 is 0 Å². The lowest BCUT2D eigenvalue weighted by molar-refractivity contribution is -0.141. The Bertz CT molecular complexity index is 228. The maximum atomic E-state index is 12.0. The summed E-state index contributed by atoms with van der Waals surface area (Å²) >= 11 is 0. The molecule has 2 rings (SSSR count). The Morgan fingerprint density at radius 1 is 1.27 bits per heavy atom. The third-order valence-electron chi connectivity index (χ3n) is 3.92. The van der Waals surface area contributed by atoms with E-state index in [4.69, 9.17) is 0 Å². The molecular weight excluding hydrogens is 188 g/mol. The van der Waals surface area contributed by atoms with Crippen LogP contribution in [0, 0.1) is 11.8 Å². The van der Waals surface area contributed by atoms with Gasteiger partial charge in [-0.05, 0) is 25.8 Å². The van der Waals surface area contributed by atoms with E-state index in [0.717, 1.165) is 32.1 Å². The van der Waals surface area contributed by atoms with Crippen LogP contribution in [0.5, 0.6) is 0 Å². The average molecular weight is 210 g/mol. The van der Waals surface area contributed by atoms with Crippen molar-refractivity contribution in [3.63, 3.8) is 0 Å². The van der Waals surface area contributed by atoms with Gasteiger partial charge in [-0.15, -0.1) is 0 Å². The minimum absolute atomic E-state index is 0.299. The average Bonchev–Trinajstić information content (AvgIpc) is 2.24. The molecule has 2 fully saturated rings. The molecule has 0 bridgehead atoms. The van der Waals surface area contributed by atoms with E-state index < -0.39 is 0 Å². The molecule has 3 nitrogen and oxygen atoms in total. The second-order valence-electron chi connectivity index (χ2n) is 5.10. The van der Waals surface area contributed by atoms with Crippen molar-refractivity contribution in [3.05, 3.63) is 0 Å². The molecule has 2 aliphatic rings. The predicted octanol–water partition coefficient (Wildman–Crippen LogP) is 1.20. The zero-order valence-electron chi connectivity index (χ0n) is 9.91. The maximum Gasteiger partial charge on any atom is 0.228 e. The highest BCUT2D eigenvalue weighted by atomic mass is 16.2. The van der Waals surface area contributed by atoms with Gasteiger partial charge in [-0.25, -0.2) is 0 Å². The quantitative estimate of drug-likeness (QED) is 0.683. The van der Waals surface area contributed by atoms with Crippen LogP contribution in [0.25, 0.3) is 0 Å². The van der Waals surface area contributed by atoms with Gasteiger partial charge in [0.2, 0.25) is 5.91 Å². The molecule has 0 aromatic rings. The van der Waals surface area contributed by atoms with Crippen LogP contribution in [0.15, 0.2) is 0 Å². The zero-order chi connectivity index (χ0) is 10.8. The van der Waals surface area contributed by atoms with Gasteiger partial charge in [0, 0.05) is 26.2 Å². The van der Waals surface area contributed by atoms with E-state index in [2.05, 4.69) is 23.8 Å². The first kappa shape index (κ1) is 10.9. The normalized spacial score (nSPS) is 25.3. The van der Waals surface area contributed by atoms with E-state index in [1.54, 1.807) is 0 Å². The molecule has 0 saturated carbocycles. The second-order valence-corrected chi connectivity index (χ2v) is 5.10. The summed E-state index contributed by atoms with van der Waals surface area (Å²) in [6, 6.07) is 0. The maximum absolute atomic E-state index is 12.0. The summed E-state index contributed by atoms with van der Waals surface area (Å²) in [5.41, 5.74) is 0. The molecule has 86 valence electrons. The van der Waals surface area contributed by atoms with Crippen LogP contribution in [0.3, 0.4) is 0 Å². The molecule has 2 aliphatic heterocycles. The number of piperidine rings is 1. The Morgan fingerprint density at radius 2 is 1.87 bits per heavy atom. The lowest BCUT2D eigenvalue weighted by atomic mass is 9.92. The first-order chi connectivity index (χ1) is 7.20. The Labute approximate surface area is 92.4 Å². The fraction of sp³-hybridized carbons (Fsp3) is 0.917. The second kappa shape index (κ2) is 4.52. The number of rotatable bonds is 2. The van der Waals surface area contributed by atoms with Crippen molar-refractivity contribution in [1.82, 2.24) is 9.80 Å². The molecule has 0 aromatic heterocycles. The number of hydrogen-bond acceptors (Lipinski definition) is 2. The van der Waals surface area contributed by atoms with Gasteiger partial charge in [-0.3, -0.25) is 4.79 Å². The minimum Gasteiger partial charge on any atom is -0.342 e. The van der Waals surface area contributed by atoms with Crippen LogP contribution in [-0.4, -0.2) is 48.9 Å². The molecule has 2 heterocycles. The van der Waals surface area contributed by atoms with Crippen LogP contribution in [0.2, 0.25) is 0 Å². The van der Waals surface area contributed by atoms with E-state index in [1.165, 1.54) is 19.3 Å². The van der Waals surface area contributed by atoms with Gasteiger partial charge in [0.1, 0.15) is 0 Å². The smallest absolute Gasteiger partial charge is 0.228 e. The molecule has 0 aromatic carbocycles. The molecule has 0 aliphatic carbocycles. The van der Waals surface area contributed by atoms with E-state index in [0.29, 0.717) is 11.8 Å². The van der Waals surface area contributed by atoms with Crippen LogP contribution in [0.1, 0.15) is 26.2 Å². The summed E-state index contributed by atoms with van der Waals surface area (Å²) in [7, 11) is 2.08. The molecule has 3 heteroatoms. The SMILES string of the molecule is CCC1CCN(C(=O)C2CN(C)C2)CC1. The highest BCUT2D eigenvalue weighted by Gasteiger charge is 2.34. The minimum atomic E-state index is 0.299. The molecule has 0 spiro atoms. The molecule has 0 atom stereocenters. The largest absolute Gasteiger partial charge is 0.342 e. The number of likely N-dealkylation sites (tertiary alicyclic amines) is 2. The fourth-order valence-electron chi connectivity index (χ4n) is 2.67. The Hall–Kier alpha value is -0.570. The summed E-state index contributed by atoms with van der Waals surface area (Å²) in [6.45, 7) is 6.18. The van der Waals surface area contributed by atoms with Gasteiger partial charge >= 0.3 is 0 Å². The van der Waals surface area contributed by atoms with Crippen LogP contribution >= 0.6 is 0 Å². The zero-order valence-corrected chi connectivity index (χ0v) is 9.91. The van der Waals surface area contributed by atoms with E-state index in [-0.39, 0.29) is 0 Å². The van der Waals surface area contributed by atoms with Crippen molar-refractivity contribution >= 4 is 5.91 Å². The molecule has 0 N–H and O–H groups in total. The van der Waals surface area contributed by atoms with Crippen LogP contribution < -0.4 is 0 Å². The Balaban J connectivity index is 1.78. The van der Waals surface area contributed by atoms with Crippen molar-refractivity contribution in [3.8, 4) is 0 Å². The monoisotopic (exact) mass is 210 g/mol. The van der Waals surface area contributed by atoms with E-state index in [1.807, 2.05) is 0 Å². The predicted molar refractivity (Wildman–Crippen MR) is 60.6 cm³/mol. The summed E-state index contributed by atoms with van der Waals surface area (Å²) in [6.07, 6.45) is 3.70. The topological polar surface area (TPSA) is 23.6 Å². The molecular formula is C12H22N2O. The number of carbonyl (C=O) groups excluding carboxylic acids is 1. The number of amides is 1. The fourth-order valence-corrected chi connectivity index (χ4v) is 2.67. The van der Waals surface area contributed by atoms with Gasteiger partial charge in [-0.2, -0.15) is 0 Å². The van der Waals surface area contributed by atoms with Gasteiger partial charge in [0.25, 0.3) is 0 Å². The molecule has 0 radical (unpaired) electrons. The molecule has 15 heavy (non-hydrogen) atoms. The lowest BCUT2D eigenvalue weighted by Gasteiger charge is -2.40. The van der Waals surface area contributed by atoms with Crippen molar-refractivity contribution in [2.75, 3.05) is 33.2 Å². The third-order valence-corrected chi connectivity index (χ3v) is 3.92. The molecule has 1 amide bonds. The number of hydrogen-bond donors (Lipinski definition) is 0. The Morgan fingerprint density at radius 3 is 2.33 bits per heavy atom. The van der Waals surface area contributed by atoms with Gasteiger partial charge in [0.15, 0.2) is 0 Å². The molecule has 0 unspecified atom stereocenters. The Kier molecular flexibility index (Phi) is 3.29. The first-order valence-electron chi connectivity index (χ1n) is 6.18. The van der Waals surface area contributed by atoms with Crippen LogP contribution in [0.4, 0.5) is 0 Å². The van der Waals surface area contributed by atoms with Crippen molar-refractivity contribution in [2.24, 2.45) is 11.8 Å². The van der Waals surface area contributed by atoms with Crippen molar-refractivity contribution in [1.29, 1.82) is 0 Å². The van der Waals surface area contributed by atoms with Crippen molar-refractivity contribution in [2.45, 2.75) is 26.2 Å². The molecule has 2 saturated heterocycles. The number of nitrogens with zero attached hydrogens (tertiary/aromatic N) is 2. The highest BCUT2D eigenvalue weighted by molar-refractivity contribution is 5.80. The van der Waals surface area contributed by atoms with Gasteiger partial charge < -0.3 is 9.80 Å². The summed E-state index contributed by atoms with van der Waals surface area (Å²) < 4.78 is 0. The standard InChI is InChI=1S/C12H22N2O/c1-3-10-4-6-14(7-5-10)12(15)11-8-13(2)9-11/h10-11H,3-9H2,1-2H3. The summed E-state index contributed by atoms with van der Waals surface area (Å²) in [5, 5.41) is 0. The van der Waals surface area contributed by atoms with Crippen LogP contribution in [-0.2, 0) is 4.79 Å². The van der Waals surface area contributed by atoms with Gasteiger partial charge in [-0.1, -0.05) is 13.3 Å². The van der Waals surface area contributed by atoms with E-state index in [9.17, 15) is 4.79 Å².